The Morgan fingerprint density at radius 3 is 2.66 bits per heavy atom. The summed E-state index contributed by atoms with van der Waals surface area (Å²) in [6.45, 7) is 3.66. The van der Waals surface area contributed by atoms with Gasteiger partial charge in [-0.15, -0.1) is 10.2 Å². The van der Waals surface area contributed by atoms with Gasteiger partial charge in [0.2, 0.25) is 5.91 Å². The van der Waals surface area contributed by atoms with Crippen molar-refractivity contribution in [3.63, 3.8) is 0 Å². The summed E-state index contributed by atoms with van der Waals surface area (Å²) in [6.07, 6.45) is 6.90. The minimum Gasteiger partial charge on any atom is -0.339 e. The molecule has 1 atom stereocenters. The van der Waals surface area contributed by atoms with Gasteiger partial charge in [0.05, 0.1) is 12.3 Å². The molecule has 0 bridgehead atoms. The summed E-state index contributed by atoms with van der Waals surface area (Å²) in [5.41, 5.74) is 2.13. The van der Waals surface area contributed by atoms with Crippen LogP contribution in [0.5, 0.6) is 0 Å². The third kappa shape index (κ3) is 4.67. The number of hydrogen-bond donors (Lipinski definition) is 0. The number of carbonyl (C=O) groups is 1. The maximum atomic E-state index is 12.8. The summed E-state index contributed by atoms with van der Waals surface area (Å²) < 4.78 is 2.09. The molecule has 0 aliphatic carbocycles. The van der Waals surface area contributed by atoms with E-state index in [1.54, 1.807) is 12.4 Å². The van der Waals surface area contributed by atoms with E-state index >= 15 is 0 Å². The van der Waals surface area contributed by atoms with Crippen LogP contribution in [0.1, 0.15) is 31.7 Å². The highest BCUT2D eigenvalue weighted by Crippen LogP contribution is 2.26. The van der Waals surface area contributed by atoms with Gasteiger partial charge in [0.1, 0.15) is 0 Å². The quantitative estimate of drug-likeness (QED) is 0.580. The number of benzene rings is 1. The first-order chi connectivity index (χ1) is 14.2. The van der Waals surface area contributed by atoms with Crippen LogP contribution in [0.3, 0.4) is 0 Å². The molecule has 0 spiro atoms. The van der Waals surface area contributed by atoms with Gasteiger partial charge in [-0.1, -0.05) is 42.1 Å². The molecule has 1 aromatic carbocycles. The van der Waals surface area contributed by atoms with Crippen LogP contribution in [0.15, 0.2) is 60.0 Å². The van der Waals surface area contributed by atoms with E-state index in [1.807, 2.05) is 35.2 Å². The number of thioether (sulfide) groups is 1. The van der Waals surface area contributed by atoms with Gasteiger partial charge in [-0.25, -0.2) is 0 Å². The van der Waals surface area contributed by atoms with Crippen molar-refractivity contribution < 1.29 is 4.79 Å². The zero-order chi connectivity index (χ0) is 20.1. The first-order valence-electron chi connectivity index (χ1n) is 10.0. The third-order valence-electron chi connectivity index (χ3n) is 5.29. The van der Waals surface area contributed by atoms with Crippen LogP contribution in [-0.2, 0) is 11.3 Å². The molecule has 1 fully saturated rings. The van der Waals surface area contributed by atoms with Crippen molar-refractivity contribution in [1.29, 1.82) is 0 Å². The van der Waals surface area contributed by atoms with Crippen LogP contribution in [0.2, 0.25) is 0 Å². The fraction of sp³-hybridized carbons (Fsp3) is 0.364. The van der Waals surface area contributed by atoms with Gasteiger partial charge in [-0.3, -0.25) is 14.3 Å². The molecule has 1 aliphatic heterocycles. The number of pyridine rings is 1. The molecular weight excluding hydrogens is 382 g/mol. The predicted octanol–water partition coefficient (Wildman–Crippen LogP) is 3.88. The van der Waals surface area contributed by atoms with E-state index in [9.17, 15) is 4.79 Å². The number of aromatic nitrogens is 4. The second kappa shape index (κ2) is 9.22. The number of likely N-dealkylation sites (tertiary alicyclic amines) is 1. The molecule has 0 radical (unpaired) electrons. The second-order valence-corrected chi connectivity index (χ2v) is 8.28. The Kier molecular flexibility index (Phi) is 6.24. The predicted molar refractivity (Wildman–Crippen MR) is 115 cm³/mol. The molecule has 4 rings (SSSR count). The summed E-state index contributed by atoms with van der Waals surface area (Å²) in [4.78, 5) is 18.9. The van der Waals surface area contributed by atoms with Crippen LogP contribution in [-0.4, -0.2) is 48.9 Å². The lowest BCUT2D eigenvalue weighted by atomic mass is 10.0. The molecule has 1 saturated heterocycles. The minimum atomic E-state index is 0.182. The average molecular weight is 408 g/mol. The topological polar surface area (TPSA) is 63.9 Å². The van der Waals surface area contributed by atoms with Crippen LogP contribution in [0, 0.1) is 0 Å². The Bertz CT molecular complexity index is 944. The van der Waals surface area contributed by atoms with Crippen LogP contribution < -0.4 is 0 Å². The normalized spacial score (nSPS) is 16.7. The lowest BCUT2D eigenvalue weighted by Crippen LogP contribution is -2.43. The first-order valence-corrected chi connectivity index (χ1v) is 11.0. The summed E-state index contributed by atoms with van der Waals surface area (Å²) in [5, 5.41) is 9.60. The lowest BCUT2D eigenvalue weighted by Gasteiger charge is -2.33. The third-order valence-corrected chi connectivity index (χ3v) is 6.24. The van der Waals surface area contributed by atoms with E-state index in [1.165, 1.54) is 23.7 Å². The molecule has 1 aliphatic rings. The van der Waals surface area contributed by atoms with E-state index in [0.29, 0.717) is 18.3 Å². The van der Waals surface area contributed by atoms with Crippen molar-refractivity contribution in [3.05, 3.63) is 60.4 Å². The van der Waals surface area contributed by atoms with Gasteiger partial charge in [-0.05, 0) is 43.9 Å². The SMILES string of the molecule is CC1CCCCN1C(=O)CSc1nnc(-c2ccncc2)n1Cc1ccccc1. The largest absolute Gasteiger partial charge is 0.339 e. The number of amides is 1. The second-order valence-electron chi connectivity index (χ2n) is 7.33. The number of nitrogens with zero attached hydrogens (tertiary/aromatic N) is 5. The van der Waals surface area contributed by atoms with Gasteiger partial charge in [0.15, 0.2) is 11.0 Å². The van der Waals surface area contributed by atoms with Crippen LogP contribution >= 0.6 is 11.8 Å². The number of rotatable bonds is 6. The van der Waals surface area contributed by atoms with Crippen LogP contribution in [0.25, 0.3) is 11.4 Å². The lowest BCUT2D eigenvalue weighted by molar-refractivity contribution is -0.131. The Balaban J connectivity index is 1.56. The van der Waals surface area contributed by atoms with E-state index in [2.05, 4.69) is 38.8 Å². The molecule has 6 nitrogen and oxygen atoms in total. The molecular formula is C22H25N5OS. The van der Waals surface area contributed by atoms with Crippen molar-refractivity contribution in [2.45, 2.75) is 43.9 Å². The van der Waals surface area contributed by atoms with Crippen molar-refractivity contribution in [3.8, 4) is 11.4 Å². The van der Waals surface area contributed by atoms with Crippen molar-refractivity contribution >= 4 is 17.7 Å². The molecule has 3 heterocycles. The highest BCUT2D eigenvalue weighted by molar-refractivity contribution is 7.99. The molecule has 2 aromatic heterocycles. The standard InChI is InChI=1S/C22H25N5OS/c1-17-7-5-6-14-26(17)20(28)16-29-22-25-24-21(19-10-12-23-13-11-19)27(22)15-18-8-3-2-4-9-18/h2-4,8-13,17H,5-7,14-16H2,1H3. The van der Waals surface area contributed by atoms with E-state index in [0.717, 1.165) is 35.9 Å². The van der Waals surface area contributed by atoms with E-state index in [4.69, 9.17) is 0 Å². The molecule has 150 valence electrons. The van der Waals surface area contributed by atoms with E-state index in [-0.39, 0.29) is 5.91 Å². The molecule has 29 heavy (non-hydrogen) atoms. The maximum Gasteiger partial charge on any atom is 0.233 e. The molecule has 3 aromatic rings. The minimum absolute atomic E-state index is 0.182. The number of piperidine rings is 1. The van der Waals surface area contributed by atoms with Gasteiger partial charge in [0, 0.05) is 30.5 Å². The first kappa shape index (κ1) is 19.6. The Morgan fingerprint density at radius 1 is 1.10 bits per heavy atom. The van der Waals surface area contributed by atoms with Gasteiger partial charge >= 0.3 is 0 Å². The Labute approximate surface area is 175 Å². The Hall–Kier alpha value is -2.67. The summed E-state index contributed by atoms with van der Waals surface area (Å²) in [6, 6.07) is 14.4. The van der Waals surface area contributed by atoms with Crippen molar-refractivity contribution in [2.24, 2.45) is 0 Å². The fourth-order valence-corrected chi connectivity index (χ4v) is 4.52. The zero-order valence-electron chi connectivity index (χ0n) is 16.6. The maximum absolute atomic E-state index is 12.8. The van der Waals surface area contributed by atoms with Gasteiger partial charge < -0.3 is 4.90 Å². The Morgan fingerprint density at radius 2 is 1.90 bits per heavy atom. The van der Waals surface area contributed by atoms with Crippen molar-refractivity contribution in [1.82, 2.24) is 24.6 Å². The molecule has 0 saturated carbocycles. The van der Waals surface area contributed by atoms with Gasteiger partial charge in [-0.2, -0.15) is 0 Å². The van der Waals surface area contributed by atoms with E-state index < -0.39 is 0 Å². The van der Waals surface area contributed by atoms with Crippen LogP contribution in [0.4, 0.5) is 0 Å². The number of carbonyl (C=O) groups excluding carboxylic acids is 1. The molecule has 1 unspecified atom stereocenters. The smallest absolute Gasteiger partial charge is 0.233 e. The zero-order valence-corrected chi connectivity index (χ0v) is 17.4. The van der Waals surface area contributed by atoms with Gasteiger partial charge in [0.25, 0.3) is 0 Å². The average Bonchev–Trinajstić information content (AvgIpc) is 3.16. The highest BCUT2D eigenvalue weighted by Gasteiger charge is 2.24. The summed E-state index contributed by atoms with van der Waals surface area (Å²) in [7, 11) is 0. The highest BCUT2D eigenvalue weighted by atomic mass is 32.2. The monoisotopic (exact) mass is 407 g/mol. The molecule has 7 heteroatoms. The molecule has 1 amide bonds. The van der Waals surface area contributed by atoms with Crippen molar-refractivity contribution in [2.75, 3.05) is 12.3 Å². The molecule has 0 N–H and O–H groups in total. The summed E-state index contributed by atoms with van der Waals surface area (Å²) >= 11 is 1.47. The fourth-order valence-electron chi connectivity index (χ4n) is 3.70. The number of hydrogen-bond acceptors (Lipinski definition) is 5. The summed E-state index contributed by atoms with van der Waals surface area (Å²) in [5.74, 6) is 1.35.